The van der Waals surface area contributed by atoms with Crippen LogP contribution in [0.4, 0.5) is 0 Å². The summed E-state index contributed by atoms with van der Waals surface area (Å²) < 4.78 is 4.55. The Morgan fingerprint density at radius 1 is 1.78 bits per heavy atom. The molecule has 0 aliphatic carbocycles. The second-order valence-electron chi connectivity index (χ2n) is 1.47. The van der Waals surface area contributed by atoms with Gasteiger partial charge in [0, 0.05) is 13.5 Å². The maximum absolute atomic E-state index is 10.3. The first-order chi connectivity index (χ1) is 4.30. The van der Waals surface area contributed by atoms with Crippen molar-refractivity contribution in [1.29, 1.82) is 0 Å². The third-order valence-corrected chi connectivity index (χ3v) is 1.38. The van der Waals surface area contributed by atoms with E-state index in [0.29, 0.717) is 6.61 Å². The SMILES string of the molecule is CO.O=C1OCC[C@@H]1S. The van der Waals surface area contributed by atoms with Gasteiger partial charge >= 0.3 is 5.97 Å². The molecule has 1 heterocycles. The molecule has 54 valence electrons. The molecular formula is C5H10O3S. The number of thiol groups is 1. The van der Waals surface area contributed by atoms with Crippen LogP contribution >= 0.6 is 12.6 Å². The van der Waals surface area contributed by atoms with Crippen LogP contribution in [0.1, 0.15) is 6.42 Å². The summed E-state index contributed by atoms with van der Waals surface area (Å²) in [7, 11) is 1.00. The van der Waals surface area contributed by atoms with Crippen LogP contribution in [0.25, 0.3) is 0 Å². The first-order valence-electron chi connectivity index (χ1n) is 2.60. The predicted molar refractivity (Wildman–Crippen MR) is 36.5 cm³/mol. The van der Waals surface area contributed by atoms with Crippen LogP contribution < -0.4 is 0 Å². The fourth-order valence-electron chi connectivity index (χ4n) is 0.485. The van der Waals surface area contributed by atoms with Crippen LogP contribution in [0.3, 0.4) is 0 Å². The number of ether oxygens (including phenoxy) is 1. The summed E-state index contributed by atoms with van der Waals surface area (Å²) in [5, 5.41) is 6.85. The molecule has 0 saturated carbocycles. The lowest BCUT2D eigenvalue weighted by Gasteiger charge is -1.88. The number of carbonyl (C=O) groups excluding carboxylic acids is 1. The molecule has 1 atom stereocenters. The molecule has 1 saturated heterocycles. The quantitative estimate of drug-likeness (QED) is 0.372. The normalized spacial score (nSPS) is 24.3. The van der Waals surface area contributed by atoms with Gasteiger partial charge in [-0.2, -0.15) is 12.6 Å². The standard InChI is InChI=1S/C4H6O2S.CH4O/c5-4-3(7)1-2-6-4;1-2/h3,7H,1-2H2;2H,1H3/t3-;/m0./s1. The largest absolute Gasteiger partial charge is 0.465 e. The molecule has 1 aliphatic rings. The van der Waals surface area contributed by atoms with Crippen molar-refractivity contribution in [2.24, 2.45) is 0 Å². The van der Waals surface area contributed by atoms with Crippen LogP contribution in [0.2, 0.25) is 0 Å². The lowest BCUT2D eigenvalue weighted by molar-refractivity contribution is -0.137. The topological polar surface area (TPSA) is 46.5 Å². The van der Waals surface area contributed by atoms with Crippen molar-refractivity contribution in [3.05, 3.63) is 0 Å². The second kappa shape index (κ2) is 4.64. The summed E-state index contributed by atoms with van der Waals surface area (Å²) >= 11 is 3.91. The molecule has 0 bridgehead atoms. The summed E-state index contributed by atoms with van der Waals surface area (Å²) in [6.45, 7) is 0.549. The maximum atomic E-state index is 10.3. The number of aliphatic hydroxyl groups excluding tert-OH is 1. The van der Waals surface area contributed by atoms with E-state index in [2.05, 4.69) is 17.4 Å². The third kappa shape index (κ3) is 2.72. The molecule has 1 N–H and O–H groups in total. The van der Waals surface area contributed by atoms with Gasteiger partial charge in [0.2, 0.25) is 0 Å². The Hall–Kier alpha value is -0.220. The Morgan fingerprint density at radius 2 is 2.33 bits per heavy atom. The highest BCUT2D eigenvalue weighted by atomic mass is 32.1. The van der Waals surface area contributed by atoms with Crippen molar-refractivity contribution in [3.63, 3.8) is 0 Å². The highest BCUT2D eigenvalue weighted by Gasteiger charge is 2.21. The molecule has 0 spiro atoms. The van der Waals surface area contributed by atoms with Crippen molar-refractivity contribution < 1.29 is 14.6 Å². The zero-order valence-electron chi connectivity index (χ0n) is 5.20. The van der Waals surface area contributed by atoms with Crippen molar-refractivity contribution in [2.75, 3.05) is 13.7 Å². The van der Waals surface area contributed by atoms with Gasteiger partial charge in [-0.15, -0.1) is 0 Å². The molecule has 1 fully saturated rings. The summed E-state index contributed by atoms with van der Waals surface area (Å²) in [5.41, 5.74) is 0. The van der Waals surface area contributed by atoms with Crippen LogP contribution in [0.5, 0.6) is 0 Å². The average Bonchev–Trinajstić information content (AvgIpc) is 2.23. The molecule has 9 heavy (non-hydrogen) atoms. The Bertz CT molecular complexity index is 94.2. The van der Waals surface area contributed by atoms with E-state index >= 15 is 0 Å². The van der Waals surface area contributed by atoms with Gasteiger partial charge < -0.3 is 9.84 Å². The fourth-order valence-corrected chi connectivity index (χ4v) is 0.665. The zero-order valence-corrected chi connectivity index (χ0v) is 6.10. The molecule has 0 aromatic heterocycles. The van der Waals surface area contributed by atoms with E-state index in [9.17, 15) is 4.79 Å². The minimum absolute atomic E-state index is 0.153. The number of cyclic esters (lactones) is 1. The number of esters is 1. The molecule has 3 nitrogen and oxygen atoms in total. The van der Waals surface area contributed by atoms with Crippen LogP contribution in [0.15, 0.2) is 0 Å². The molecular weight excluding hydrogens is 140 g/mol. The van der Waals surface area contributed by atoms with E-state index in [4.69, 9.17) is 5.11 Å². The predicted octanol–water partition coefficient (Wildman–Crippen LogP) is -0.160. The minimum Gasteiger partial charge on any atom is -0.465 e. The Kier molecular flexibility index (Phi) is 4.53. The molecule has 0 aromatic rings. The minimum atomic E-state index is -0.177. The number of aliphatic hydroxyl groups is 1. The summed E-state index contributed by atoms with van der Waals surface area (Å²) in [5.74, 6) is -0.177. The van der Waals surface area contributed by atoms with Gasteiger partial charge in [0.05, 0.1) is 6.61 Å². The van der Waals surface area contributed by atoms with Crippen molar-refractivity contribution in [1.82, 2.24) is 0 Å². The van der Waals surface area contributed by atoms with Crippen LogP contribution in [-0.2, 0) is 9.53 Å². The highest BCUT2D eigenvalue weighted by Crippen LogP contribution is 2.10. The van der Waals surface area contributed by atoms with E-state index in [0.717, 1.165) is 13.5 Å². The molecule has 1 aliphatic heterocycles. The van der Waals surface area contributed by atoms with Gasteiger partial charge in [0.15, 0.2) is 0 Å². The summed E-state index contributed by atoms with van der Waals surface area (Å²) in [6.07, 6.45) is 0.766. The smallest absolute Gasteiger partial charge is 0.318 e. The summed E-state index contributed by atoms with van der Waals surface area (Å²) in [4.78, 5) is 10.3. The third-order valence-electron chi connectivity index (χ3n) is 0.908. The number of carbonyl (C=O) groups is 1. The van der Waals surface area contributed by atoms with E-state index in [1.807, 2.05) is 0 Å². The van der Waals surface area contributed by atoms with Crippen molar-refractivity contribution in [3.8, 4) is 0 Å². The van der Waals surface area contributed by atoms with E-state index in [1.165, 1.54) is 0 Å². The number of hydrogen-bond acceptors (Lipinski definition) is 4. The lowest BCUT2D eigenvalue weighted by atomic mass is 10.4. The fraction of sp³-hybridized carbons (Fsp3) is 0.800. The molecule has 0 radical (unpaired) electrons. The number of rotatable bonds is 0. The second-order valence-corrected chi connectivity index (χ2v) is 2.10. The van der Waals surface area contributed by atoms with Gasteiger partial charge in [-0.05, 0) is 0 Å². The first kappa shape index (κ1) is 8.78. The summed E-state index contributed by atoms with van der Waals surface area (Å²) in [6, 6.07) is 0. The Labute approximate surface area is 59.4 Å². The van der Waals surface area contributed by atoms with E-state index < -0.39 is 0 Å². The van der Waals surface area contributed by atoms with Crippen LogP contribution in [-0.4, -0.2) is 30.0 Å². The number of hydrogen-bond donors (Lipinski definition) is 2. The molecule has 0 unspecified atom stereocenters. The van der Waals surface area contributed by atoms with Gasteiger partial charge in [-0.25, -0.2) is 0 Å². The molecule has 0 amide bonds. The maximum Gasteiger partial charge on any atom is 0.318 e. The molecule has 0 aromatic carbocycles. The van der Waals surface area contributed by atoms with Crippen molar-refractivity contribution in [2.45, 2.75) is 11.7 Å². The molecule has 4 heteroatoms. The monoisotopic (exact) mass is 150 g/mol. The van der Waals surface area contributed by atoms with Gasteiger partial charge in [0.1, 0.15) is 5.25 Å². The lowest BCUT2D eigenvalue weighted by Crippen LogP contribution is -2.04. The Morgan fingerprint density at radius 3 is 2.44 bits per heavy atom. The van der Waals surface area contributed by atoms with E-state index in [-0.39, 0.29) is 11.2 Å². The molecule has 1 rings (SSSR count). The van der Waals surface area contributed by atoms with Crippen molar-refractivity contribution >= 4 is 18.6 Å². The average molecular weight is 150 g/mol. The highest BCUT2D eigenvalue weighted by molar-refractivity contribution is 7.81. The zero-order chi connectivity index (χ0) is 7.28. The first-order valence-corrected chi connectivity index (χ1v) is 3.12. The van der Waals surface area contributed by atoms with Gasteiger partial charge in [-0.3, -0.25) is 4.79 Å². The Balaban J connectivity index is 0.000000291. The van der Waals surface area contributed by atoms with Gasteiger partial charge in [-0.1, -0.05) is 0 Å². The van der Waals surface area contributed by atoms with E-state index in [1.54, 1.807) is 0 Å². The van der Waals surface area contributed by atoms with Gasteiger partial charge in [0.25, 0.3) is 0 Å². The van der Waals surface area contributed by atoms with Crippen LogP contribution in [0, 0.1) is 0 Å².